The van der Waals surface area contributed by atoms with E-state index in [0.717, 1.165) is 29.9 Å². The first kappa shape index (κ1) is 18.3. The lowest BCUT2D eigenvalue weighted by Crippen LogP contribution is -2.26. The molecule has 4 rings (SSSR count). The number of aryl methyl sites for hydroxylation is 2. The van der Waals surface area contributed by atoms with Crippen LogP contribution >= 0.6 is 0 Å². The van der Waals surface area contributed by atoms with Gasteiger partial charge in [-0.1, -0.05) is 12.1 Å². The number of nitrogens with one attached hydrogen (secondary N) is 1. The van der Waals surface area contributed by atoms with Crippen LogP contribution in [0.15, 0.2) is 42.7 Å². The van der Waals surface area contributed by atoms with E-state index in [2.05, 4.69) is 22.3 Å². The molecule has 1 aromatic carbocycles. The molecule has 6 nitrogen and oxygen atoms in total. The predicted octanol–water partition coefficient (Wildman–Crippen LogP) is 2.88. The topological polar surface area (TPSA) is 72.7 Å². The van der Waals surface area contributed by atoms with Crippen LogP contribution in [0, 0.1) is 6.92 Å². The summed E-state index contributed by atoms with van der Waals surface area (Å²) in [6.45, 7) is 3.25. The van der Waals surface area contributed by atoms with Gasteiger partial charge in [0.2, 0.25) is 0 Å². The molecule has 0 aliphatic heterocycles. The van der Waals surface area contributed by atoms with Crippen LogP contribution in [0.3, 0.4) is 0 Å². The molecule has 1 aliphatic carbocycles. The molecule has 0 unspecified atom stereocenters. The number of amides is 1. The molecule has 6 heteroatoms. The van der Waals surface area contributed by atoms with E-state index in [-0.39, 0.29) is 5.91 Å². The molecule has 0 fully saturated rings. The third kappa shape index (κ3) is 4.27. The normalized spacial score (nSPS) is 13.2. The van der Waals surface area contributed by atoms with Gasteiger partial charge in [-0.2, -0.15) is 5.10 Å². The number of benzene rings is 1. The highest BCUT2D eigenvalue weighted by atomic mass is 16.1. The van der Waals surface area contributed by atoms with Crippen molar-refractivity contribution in [3.8, 4) is 0 Å². The fourth-order valence-electron chi connectivity index (χ4n) is 3.74. The molecule has 0 saturated carbocycles. The Kier molecular flexibility index (Phi) is 5.46. The third-order valence-corrected chi connectivity index (χ3v) is 5.16. The quantitative estimate of drug-likeness (QED) is 0.719. The second-order valence-corrected chi connectivity index (χ2v) is 7.27. The van der Waals surface area contributed by atoms with Gasteiger partial charge in [0.15, 0.2) is 0 Å². The Hall–Kier alpha value is -3.02. The first-order valence-electron chi connectivity index (χ1n) is 9.89. The molecule has 2 aromatic heterocycles. The summed E-state index contributed by atoms with van der Waals surface area (Å²) >= 11 is 0. The first-order chi connectivity index (χ1) is 13.7. The molecule has 1 N–H and O–H groups in total. The van der Waals surface area contributed by atoms with Crippen molar-refractivity contribution in [2.75, 3.05) is 6.54 Å². The van der Waals surface area contributed by atoms with Gasteiger partial charge in [-0.25, -0.2) is 9.97 Å². The predicted molar refractivity (Wildman–Crippen MR) is 107 cm³/mol. The van der Waals surface area contributed by atoms with Crippen LogP contribution in [0.5, 0.6) is 0 Å². The van der Waals surface area contributed by atoms with E-state index in [1.807, 2.05) is 41.2 Å². The van der Waals surface area contributed by atoms with Crippen LogP contribution in [-0.4, -0.2) is 32.2 Å². The number of rotatable bonds is 6. The van der Waals surface area contributed by atoms with Crippen LogP contribution in [0.1, 0.15) is 51.5 Å². The summed E-state index contributed by atoms with van der Waals surface area (Å²) in [5.41, 5.74) is 5.33. The van der Waals surface area contributed by atoms with E-state index >= 15 is 0 Å². The summed E-state index contributed by atoms with van der Waals surface area (Å²) in [4.78, 5) is 21.9. The third-order valence-electron chi connectivity index (χ3n) is 5.16. The summed E-state index contributed by atoms with van der Waals surface area (Å²) in [6, 6.07) is 9.55. The fraction of sp³-hybridized carbons (Fsp3) is 0.364. The number of hydrogen-bond acceptors (Lipinski definition) is 4. The van der Waals surface area contributed by atoms with Crippen LogP contribution in [0.25, 0.3) is 0 Å². The lowest BCUT2D eigenvalue weighted by atomic mass is 9.95. The van der Waals surface area contributed by atoms with Gasteiger partial charge in [0.25, 0.3) is 5.91 Å². The number of carbonyl (C=O) groups is 1. The van der Waals surface area contributed by atoms with Crippen LogP contribution < -0.4 is 5.32 Å². The average Bonchev–Trinajstić information content (AvgIpc) is 3.21. The minimum Gasteiger partial charge on any atom is -0.352 e. The van der Waals surface area contributed by atoms with Gasteiger partial charge in [0.05, 0.1) is 6.54 Å². The number of fused-ring (bicyclic) bond motifs is 1. The zero-order valence-electron chi connectivity index (χ0n) is 16.2. The maximum absolute atomic E-state index is 12.5. The highest BCUT2D eigenvalue weighted by molar-refractivity contribution is 5.94. The maximum atomic E-state index is 12.5. The summed E-state index contributed by atoms with van der Waals surface area (Å²) in [6.07, 6.45) is 8.87. The van der Waals surface area contributed by atoms with Gasteiger partial charge in [0.1, 0.15) is 5.82 Å². The smallest absolute Gasteiger partial charge is 0.251 e. The molecule has 2 heterocycles. The molecular formula is C22H25N5O. The molecule has 1 amide bonds. The SMILES string of the molecule is Cc1nc(CCNC(=O)c2cccc(Cn3cccn3)c2)nc2c1CCCC2. The van der Waals surface area contributed by atoms with Crippen molar-refractivity contribution in [3.63, 3.8) is 0 Å². The minimum absolute atomic E-state index is 0.0722. The zero-order chi connectivity index (χ0) is 19.3. The van der Waals surface area contributed by atoms with Crippen molar-refractivity contribution in [2.45, 2.75) is 45.6 Å². The van der Waals surface area contributed by atoms with Crippen LogP contribution in [0.4, 0.5) is 0 Å². The number of aromatic nitrogens is 4. The van der Waals surface area contributed by atoms with E-state index in [9.17, 15) is 4.79 Å². The molecule has 144 valence electrons. The highest BCUT2D eigenvalue weighted by Gasteiger charge is 2.15. The lowest BCUT2D eigenvalue weighted by molar-refractivity contribution is 0.0954. The Morgan fingerprint density at radius 2 is 2.07 bits per heavy atom. The van der Waals surface area contributed by atoms with Gasteiger partial charge in [-0.05, 0) is 61.9 Å². The molecule has 0 spiro atoms. The Morgan fingerprint density at radius 3 is 2.93 bits per heavy atom. The highest BCUT2D eigenvalue weighted by Crippen LogP contribution is 2.21. The number of carbonyl (C=O) groups excluding carboxylic acids is 1. The summed E-state index contributed by atoms with van der Waals surface area (Å²) in [7, 11) is 0. The number of hydrogen-bond donors (Lipinski definition) is 1. The second kappa shape index (κ2) is 8.33. The summed E-state index contributed by atoms with van der Waals surface area (Å²) < 4.78 is 1.84. The maximum Gasteiger partial charge on any atom is 0.251 e. The molecule has 0 radical (unpaired) electrons. The minimum atomic E-state index is -0.0722. The fourth-order valence-corrected chi connectivity index (χ4v) is 3.74. The molecule has 28 heavy (non-hydrogen) atoms. The summed E-state index contributed by atoms with van der Waals surface area (Å²) in [5, 5.41) is 7.20. The van der Waals surface area contributed by atoms with E-state index in [4.69, 9.17) is 4.98 Å². The van der Waals surface area contributed by atoms with Crippen molar-refractivity contribution in [3.05, 3.63) is 76.6 Å². The van der Waals surface area contributed by atoms with E-state index in [1.165, 1.54) is 24.1 Å². The molecule has 3 aromatic rings. The molecule has 0 atom stereocenters. The zero-order valence-corrected chi connectivity index (χ0v) is 16.2. The lowest BCUT2D eigenvalue weighted by Gasteiger charge is -2.17. The van der Waals surface area contributed by atoms with Gasteiger partial charge in [0, 0.05) is 42.3 Å². The van der Waals surface area contributed by atoms with Crippen molar-refractivity contribution >= 4 is 5.91 Å². The van der Waals surface area contributed by atoms with E-state index < -0.39 is 0 Å². The molecule has 0 saturated heterocycles. The van der Waals surface area contributed by atoms with Crippen molar-refractivity contribution in [2.24, 2.45) is 0 Å². The van der Waals surface area contributed by atoms with Crippen LogP contribution in [-0.2, 0) is 25.8 Å². The molecule has 1 aliphatic rings. The number of nitrogens with zero attached hydrogens (tertiary/aromatic N) is 4. The van der Waals surface area contributed by atoms with Crippen LogP contribution in [0.2, 0.25) is 0 Å². The van der Waals surface area contributed by atoms with Gasteiger partial charge in [-0.3, -0.25) is 9.48 Å². The Labute approximate surface area is 165 Å². The summed E-state index contributed by atoms with van der Waals surface area (Å²) in [5.74, 6) is 0.753. The van der Waals surface area contributed by atoms with E-state index in [0.29, 0.717) is 25.1 Å². The monoisotopic (exact) mass is 375 g/mol. The van der Waals surface area contributed by atoms with Crippen molar-refractivity contribution < 1.29 is 4.79 Å². The van der Waals surface area contributed by atoms with Gasteiger partial charge in [-0.15, -0.1) is 0 Å². The Morgan fingerprint density at radius 1 is 1.18 bits per heavy atom. The van der Waals surface area contributed by atoms with Crippen molar-refractivity contribution in [1.82, 2.24) is 25.1 Å². The molecule has 0 bridgehead atoms. The Bertz CT molecular complexity index is 965. The average molecular weight is 375 g/mol. The standard InChI is InChI=1S/C22H25N5O/c1-16-19-8-2-3-9-20(19)26-21(25-16)10-12-23-22(28)18-7-4-6-17(14-18)15-27-13-5-11-24-27/h4-7,11,13-14H,2-3,8-10,12,15H2,1H3,(H,23,28). The molecular weight excluding hydrogens is 350 g/mol. The van der Waals surface area contributed by atoms with E-state index in [1.54, 1.807) is 6.20 Å². The Balaban J connectivity index is 1.35. The van der Waals surface area contributed by atoms with Gasteiger partial charge < -0.3 is 5.32 Å². The van der Waals surface area contributed by atoms with Gasteiger partial charge >= 0.3 is 0 Å². The van der Waals surface area contributed by atoms with Crippen molar-refractivity contribution in [1.29, 1.82) is 0 Å². The second-order valence-electron chi connectivity index (χ2n) is 7.27. The first-order valence-corrected chi connectivity index (χ1v) is 9.89. The largest absolute Gasteiger partial charge is 0.352 e.